The molecule has 1 rings (SSSR count). The average molecular weight is 254 g/mol. The van der Waals surface area contributed by atoms with Crippen molar-refractivity contribution in [2.45, 2.75) is 71.4 Å². The lowest BCUT2D eigenvalue weighted by atomic mass is 9.99. The van der Waals surface area contributed by atoms with Crippen LogP contribution in [0.3, 0.4) is 0 Å². The van der Waals surface area contributed by atoms with E-state index in [1.54, 1.807) is 0 Å². The molecular formula is C14H26N2O2. The van der Waals surface area contributed by atoms with Crippen LogP contribution in [0.1, 0.15) is 59.3 Å². The lowest BCUT2D eigenvalue weighted by Gasteiger charge is -2.35. The Labute approximate surface area is 110 Å². The molecule has 2 amide bonds. The number of rotatable bonds is 5. The highest BCUT2D eigenvalue weighted by Crippen LogP contribution is 2.20. The molecule has 2 unspecified atom stereocenters. The van der Waals surface area contributed by atoms with E-state index >= 15 is 0 Å². The Balaban J connectivity index is 2.45. The second-order valence-electron chi connectivity index (χ2n) is 5.20. The van der Waals surface area contributed by atoms with Crippen LogP contribution in [0, 0.1) is 0 Å². The summed E-state index contributed by atoms with van der Waals surface area (Å²) in [6.07, 6.45) is 5.21. The van der Waals surface area contributed by atoms with Crippen molar-refractivity contribution in [3.63, 3.8) is 0 Å². The van der Waals surface area contributed by atoms with Crippen LogP contribution < -0.4 is 5.32 Å². The van der Waals surface area contributed by atoms with Crippen molar-refractivity contribution in [3.8, 4) is 0 Å². The third-order valence-corrected chi connectivity index (χ3v) is 3.75. The first kappa shape index (κ1) is 15.0. The second-order valence-corrected chi connectivity index (χ2v) is 5.20. The number of carbonyl (C=O) groups excluding carboxylic acids is 2. The van der Waals surface area contributed by atoms with Gasteiger partial charge in [-0.3, -0.25) is 9.59 Å². The molecule has 1 aliphatic heterocycles. The molecule has 18 heavy (non-hydrogen) atoms. The largest absolute Gasteiger partial charge is 0.353 e. The zero-order chi connectivity index (χ0) is 13.5. The van der Waals surface area contributed by atoms with Gasteiger partial charge in [0.25, 0.3) is 0 Å². The van der Waals surface area contributed by atoms with Crippen LogP contribution in [-0.4, -0.2) is 35.3 Å². The molecule has 4 nitrogen and oxygen atoms in total. The standard InChI is InChI=1S/C14H26N2O2/c1-4-11(3)15-13(17)10-14(18)16-9-7-6-8-12(16)5-2/h11-12H,4-10H2,1-3H3,(H,15,17). The molecule has 1 heterocycles. The third kappa shape index (κ3) is 4.31. The number of piperidine rings is 1. The first-order valence-electron chi connectivity index (χ1n) is 7.17. The minimum Gasteiger partial charge on any atom is -0.353 e. The van der Waals surface area contributed by atoms with E-state index in [1.165, 1.54) is 6.42 Å². The molecule has 0 bridgehead atoms. The van der Waals surface area contributed by atoms with Gasteiger partial charge in [0.2, 0.25) is 11.8 Å². The molecular weight excluding hydrogens is 228 g/mol. The molecule has 1 fully saturated rings. The molecule has 0 aromatic carbocycles. The number of likely N-dealkylation sites (tertiary alicyclic amines) is 1. The molecule has 1 N–H and O–H groups in total. The van der Waals surface area contributed by atoms with Crippen LogP contribution in [0.4, 0.5) is 0 Å². The van der Waals surface area contributed by atoms with Gasteiger partial charge in [-0.05, 0) is 39.0 Å². The van der Waals surface area contributed by atoms with E-state index in [-0.39, 0.29) is 24.3 Å². The fourth-order valence-corrected chi connectivity index (χ4v) is 2.42. The predicted molar refractivity (Wildman–Crippen MR) is 72.2 cm³/mol. The summed E-state index contributed by atoms with van der Waals surface area (Å²) in [7, 11) is 0. The van der Waals surface area contributed by atoms with E-state index in [9.17, 15) is 9.59 Å². The van der Waals surface area contributed by atoms with Gasteiger partial charge in [-0.1, -0.05) is 13.8 Å². The molecule has 0 aliphatic carbocycles. The van der Waals surface area contributed by atoms with Gasteiger partial charge >= 0.3 is 0 Å². The van der Waals surface area contributed by atoms with Crippen molar-refractivity contribution < 1.29 is 9.59 Å². The second kappa shape index (κ2) is 7.39. The highest BCUT2D eigenvalue weighted by Gasteiger charge is 2.26. The van der Waals surface area contributed by atoms with Crippen molar-refractivity contribution in [3.05, 3.63) is 0 Å². The van der Waals surface area contributed by atoms with E-state index in [2.05, 4.69) is 12.2 Å². The quantitative estimate of drug-likeness (QED) is 0.764. The van der Waals surface area contributed by atoms with E-state index in [0.29, 0.717) is 6.04 Å². The minimum absolute atomic E-state index is 0.000833. The topological polar surface area (TPSA) is 49.4 Å². The molecule has 1 aliphatic rings. The number of hydrogen-bond acceptors (Lipinski definition) is 2. The Kier molecular flexibility index (Phi) is 6.16. The van der Waals surface area contributed by atoms with Crippen LogP contribution in [0.5, 0.6) is 0 Å². The van der Waals surface area contributed by atoms with E-state index < -0.39 is 0 Å². The third-order valence-electron chi connectivity index (χ3n) is 3.75. The number of nitrogens with zero attached hydrogens (tertiary/aromatic N) is 1. The highest BCUT2D eigenvalue weighted by molar-refractivity contribution is 5.97. The summed E-state index contributed by atoms with van der Waals surface area (Å²) in [4.78, 5) is 25.7. The number of hydrogen-bond donors (Lipinski definition) is 1. The van der Waals surface area contributed by atoms with E-state index in [4.69, 9.17) is 0 Å². The maximum atomic E-state index is 12.1. The zero-order valence-corrected chi connectivity index (χ0v) is 11.9. The monoisotopic (exact) mass is 254 g/mol. The number of amides is 2. The maximum absolute atomic E-state index is 12.1. The Bertz CT molecular complexity index is 292. The van der Waals surface area contributed by atoms with E-state index in [1.807, 2.05) is 18.7 Å². The van der Waals surface area contributed by atoms with Crippen LogP contribution >= 0.6 is 0 Å². The van der Waals surface area contributed by atoms with Gasteiger partial charge in [0.05, 0.1) is 0 Å². The highest BCUT2D eigenvalue weighted by atomic mass is 16.2. The van der Waals surface area contributed by atoms with Gasteiger partial charge in [-0.15, -0.1) is 0 Å². The fraction of sp³-hybridized carbons (Fsp3) is 0.857. The summed E-state index contributed by atoms with van der Waals surface area (Å²) in [5.41, 5.74) is 0. The summed E-state index contributed by atoms with van der Waals surface area (Å²) in [6.45, 7) is 6.89. The van der Waals surface area contributed by atoms with Crippen molar-refractivity contribution in [1.82, 2.24) is 10.2 Å². The molecule has 2 atom stereocenters. The fourth-order valence-electron chi connectivity index (χ4n) is 2.42. The van der Waals surface area contributed by atoms with Crippen LogP contribution in [0.25, 0.3) is 0 Å². The normalized spacial score (nSPS) is 21.5. The molecule has 104 valence electrons. The Hall–Kier alpha value is -1.06. The molecule has 1 saturated heterocycles. The smallest absolute Gasteiger partial charge is 0.232 e. The van der Waals surface area contributed by atoms with Gasteiger partial charge in [0.15, 0.2) is 0 Å². The Morgan fingerprint density at radius 3 is 2.67 bits per heavy atom. The first-order valence-corrected chi connectivity index (χ1v) is 7.17. The van der Waals surface area contributed by atoms with E-state index in [0.717, 1.165) is 32.2 Å². The molecule has 0 aromatic rings. The van der Waals surface area contributed by atoms with Gasteiger partial charge < -0.3 is 10.2 Å². The first-order chi connectivity index (χ1) is 8.58. The van der Waals surface area contributed by atoms with Crippen molar-refractivity contribution in [1.29, 1.82) is 0 Å². The van der Waals surface area contributed by atoms with Gasteiger partial charge in [-0.25, -0.2) is 0 Å². The molecule has 0 spiro atoms. The molecule has 4 heteroatoms. The van der Waals surface area contributed by atoms with Crippen molar-refractivity contribution >= 4 is 11.8 Å². The molecule has 0 aromatic heterocycles. The molecule has 0 saturated carbocycles. The van der Waals surface area contributed by atoms with Crippen molar-refractivity contribution in [2.24, 2.45) is 0 Å². The zero-order valence-electron chi connectivity index (χ0n) is 11.9. The van der Waals surface area contributed by atoms with Crippen LogP contribution in [0.15, 0.2) is 0 Å². The summed E-state index contributed by atoms with van der Waals surface area (Å²) in [5.74, 6) is -0.155. The van der Waals surface area contributed by atoms with Gasteiger partial charge in [0.1, 0.15) is 6.42 Å². The van der Waals surface area contributed by atoms with Crippen LogP contribution in [0.2, 0.25) is 0 Å². The van der Waals surface area contributed by atoms with Crippen LogP contribution in [-0.2, 0) is 9.59 Å². The lowest BCUT2D eigenvalue weighted by molar-refractivity contribution is -0.139. The number of carbonyl (C=O) groups is 2. The maximum Gasteiger partial charge on any atom is 0.232 e. The number of nitrogens with one attached hydrogen (secondary N) is 1. The summed E-state index contributed by atoms with van der Waals surface area (Å²) >= 11 is 0. The molecule has 0 radical (unpaired) electrons. The Morgan fingerprint density at radius 2 is 2.06 bits per heavy atom. The Morgan fingerprint density at radius 1 is 1.33 bits per heavy atom. The predicted octanol–water partition coefficient (Wildman–Crippen LogP) is 2.08. The lowest BCUT2D eigenvalue weighted by Crippen LogP contribution is -2.45. The summed E-state index contributed by atoms with van der Waals surface area (Å²) < 4.78 is 0. The van der Waals surface area contributed by atoms with Gasteiger partial charge in [-0.2, -0.15) is 0 Å². The SMILES string of the molecule is CCC(C)NC(=O)CC(=O)N1CCCCC1CC. The minimum atomic E-state index is -0.144. The average Bonchev–Trinajstić information content (AvgIpc) is 2.38. The van der Waals surface area contributed by atoms with Crippen molar-refractivity contribution in [2.75, 3.05) is 6.54 Å². The summed E-state index contributed by atoms with van der Waals surface area (Å²) in [5, 5.41) is 2.85. The van der Waals surface area contributed by atoms with Gasteiger partial charge in [0, 0.05) is 18.6 Å². The summed E-state index contributed by atoms with van der Waals surface area (Å²) in [6, 6.07) is 0.483.